The van der Waals surface area contributed by atoms with E-state index in [1.54, 1.807) is 0 Å². The molecule has 1 saturated heterocycles. The number of nitrogens with one attached hydrogen (secondary N) is 1. The normalized spacial score (nSPS) is 37.6. The van der Waals surface area contributed by atoms with Crippen LogP contribution in [-0.4, -0.2) is 24.8 Å². The third-order valence-electron chi connectivity index (χ3n) is 3.91. The van der Waals surface area contributed by atoms with Crippen LogP contribution in [0.1, 0.15) is 52.4 Å². The van der Waals surface area contributed by atoms with Crippen molar-refractivity contribution in [2.24, 2.45) is 5.92 Å². The van der Waals surface area contributed by atoms with Crippen molar-refractivity contribution in [2.45, 2.75) is 70.6 Å². The Bertz CT molecular complexity index is 181. The summed E-state index contributed by atoms with van der Waals surface area (Å²) in [6.45, 7) is 5.60. The molecule has 1 heterocycles. The lowest BCUT2D eigenvalue weighted by Crippen LogP contribution is -2.42. The van der Waals surface area contributed by atoms with Gasteiger partial charge in [-0.3, -0.25) is 0 Å². The smallest absolute Gasteiger partial charge is 0.0565 e. The van der Waals surface area contributed by atoms with Gasteiger partial charge in [0.2, 0.25) is 0 Å². The summed E-state index contributed by atoms with van der Waals surface area (Å²) in [5, 5.41) is 3.70. The lowest BCUT2D eigenvalue weighted by Gasteiger charge is -2.33. The lowest BCUT2D eigenvalue weighted by atomic mass is 9.83. The molecule has 0 aromatic rings. The van der Waals surface area contributed by atoms with Gasteiger partial charge in [0.15, 0.2) is 0 Å². The van der Waals surface area contributed by atoms with Crippen molar-refractivity contribution in [3.8, 4) is 0 Å². The summed E-state index contributed by atoms with van der Waals surface area (Å²) in [7, 11) is 0. The Morgan fingerprint density at radius 1 is 1.13 bits per heavy atom. The molecular weight excluding hydrogens is 186 g/mol. The van der Waals surface area contributed by atoms with E-state index in [2.05, 4.69) is 19.2 Å². The van der Waals surface area contributed by atoms with Crippen LogP contribution in [0.15, 0.2) is 0 Å². The zero-order valence-electron chi connectivity index (χ0n) is 10.2. The predicted octanol–water partition coefficient (Wildman–Crippen LogP) is 2.72. The second kappa shape index (κ2) is 5.31. The lowest BCUT2D eigenvalue weighted by molar-refractivity contribution is -0.0421. The molecule has 0 spiro atoms. The van der Waals surface area contributed by atoms with Gasteiger partial charge in [0, 0.05) is 6.04 Å². The van der Waals surface area contributed by atoms with E-state index in [9.17, 15) is 0 Å². The van der Waals surface area contributed by atoms with Gasteiger partial charge in [-0.15, -0.1) is 0 Å². The van der Waals surface area contributed by atoms with Crippen LogP contribution in [-0.2, 0) is 4.74 Å². The van der Waals surface area contributed by atoms with Crippen molar-refractivity contribution in [1.82, 2.24) is 5.32 Å². The fraction of sp³-hybridized carbons (Fsp3) is 1.00. The van der Waals surface area contributed by atoms with Crippen molar-refractivity contribution in [1.29, 1.82) is 0 Å². The van der Waals surface area contributed by atoms with E-state index in [1.807, 2.05) is 0 Å². The van der Waals surface area contributed by atoms with Gasteiger partial charge in [-0.1, -0.05) is 19.3 Å². The Hall–Kier alpha value is -0.0800. The van der Waals surface area contributed by atoms with E-state index in [4.69, 9.17) is 4.74 Å². The van der Waals surface area contributed by atoms with E-state index >= 15 is 0 Å². The summed E-state index contributed by atoms with van der Waals surface area (Å²) >= 11 is 0. The average Bonchev–Trinajstić information content (AvgIpc) is 2.07. The topological polar surface area (TPSA) is 21.3 Å². The van der Waals surface area contributed by atoms with Crippen LogP contribution in [0.5, 0.6) is 0 Å². The van der Waals surface area contributed by atoms with Gasteiger partial charge in [0.1, 0.15) is 0 Å². The molecule has 0 radical (unpaired) electrons. The van der Waals surface area contributed by atoms with E-state index in [0.717, 1.165) is 5.92 Å². The zero-order valence-corrected chi connectivity index (χ0v) is 10.2. The van der Waals surface area contributed by atoms with Crippen molar-refractivity contribution in [3.05, 3.63) is 0 Å². The number of rotatable bonds is 4. The molecule has 88 valence electrons. The number of ether oxygens (including phenoxy) is 1. The van der Waals surface area contributed by atoms with Crippen LogP contribution in [0.25, 0.3) is 0 Å². The highest BCUT2D eigenvalue weighted by Crippen LogP contribution is 2.29. The van der Waals surface area contributed by atoms with Crippen LogP contribution < -0.4 is 5.32 Å². The van der Waals surface area contributed by atoms with Crippen LogP contribution in [0.3, 0.4) is 0 Å². The van der Waals surface area contributed by atoms with Gasteiger partial charge in [0.25, 0.3) is 0 Å². The standard InChI is InChI=1S/C13H25NO/c1-10-8-13(9-11(2)15-10)14-7-6-12-4-3-5-12/h10-14H,3-9H2,1-2H3. The van der Waals surface area contributed by atoms with Gasteiger partial charge < -0.3 is 10.1 Å². The average molecular weight is 211 g/mol. The van der Waals surface area contributed by atoms with Gasteiger partial charge in [0.05, 0.1) is 12.2 Å². The molecule has 0 aromatic carbocycles. The van der Waals surface area contributed by atoms with Crippen molar-refractivity contribution in [2.75, 3.05) is 6.54 Å². The van der Waals surface area contributed by atoms with Gasteiger partial charge in [-0.25, -0.2) is 0 Å². The molecule has 2 nitrogen and oxygen atoms in total. The molecule has 1 aliphatic carbocycles. The minimum absolute atomic E-state index is 0.440. The summed E-state index contributed by atoms with van der Waals surface area (Å²) in [6.07, 6.45) is 9.06. The highest BCUT2D eigenvalue weighted by Gasteiger charge is 2.24. The monoisotopic (exact) mass is 211 g/mol. The maximum Gasteiger partial charge on any atom is 0.0565 e. The third kappa shape index (κ3) is 3.46. The molecule has 1 saturated carbocycles. The number of hydrogen-bond acceptors (Lipinski definition) is 2. The minimum atomic E-state index is 0.440. The molecule has 2 rings (SSSR count). The first-order valence-electron chi connectivity index (χ1n) is 6.63. The molecule has 2 atom stereocenters. The predicted molar refractivity (Wildman–Crippen MR) is 63.0 cm³/mol. The summed E-state index contributed by atoms with van der Waals surface area (Å²) in [5.41, 5.74) is 0. The minimum Gasteiger partial charge on any atom is -0.375 e. The SMILES string of the molecule is CC1CC(NCCC2CCC2)CC(C)O1. The van der Waals surface area contributed by atoms with Crippen molar-refractivity contribution >= 4 is 0 Å². The molecule has 1 N–H and O–H groups in total. The molecule has 1 aliphatic heterocycles. The van der Waals surface area contributed by atoms with Crippen molar-refractivity contribution < 1.29 is 4.74 Å². The molecular formula is C13H25NO. The zero-order chi connectivity index (χ0) is 10.7. The van der Waals surface area contributed by atoms with E-state index in [0.29, 0.717) is 18.2 Å². The van der Waals surface area contributed by atoms with Gasteiger partial charge in [-0.2, -0.15) is 0 Å². The highest BCUT2D eigenvalue weighted by atomic mass is 16.5. The van der Waals surface area contributed by atoms with Crippen LogP contribution in [0.4, 0.5) is 0 Å². The maximum absolute atomic E-state index is 5.74. The Morgan fingerprint density at radius 2 is 1.80 bits per heavy atom. The highest BCUT2D eigenvalue weighted by molar-refractivity contribution is 4.79. The molecule has 2 unspecified atom stereocenters. The Balaban J connectivity index is 1.60. The first-order chi connectivity index (χ1) is 7.24. The molecule has 0 amide bonds. The van der Waals surface area contributed by atoms with E-state index in [-0.39, 0.29) is 0 Å². The van der Waals surface area contributed by atoms with E-state index < -0.39 is 0 Å². The molecule has 15 heavy (non-hydrogen) atoms. The largest absolute Gasteiger partial charge is 0.375 e. The van der Waals surface area contributed by atoms with Crippen LogP contribution >= 0.6 is 0 Å². The summed E-state index contributed by atoms with van der Waals surface area (Å²) in [6, 6.07) is 0.698. The van der Waals surface area contributed by atoms with E-state index in [1.165, 1.54) is 45.1 Å². The summed E-state index contributed by atoms with van der Waals surface area (Å²) in [4.78, 5) is 0. The first-order valence-corrected chi connectivity index (χ1v) is 6.63. The Kier molecular flexibility index (Phi) is 4.04. The third-order valence-corrected chi connectivity index (χ3v) is 3.91. The second-order valence-corrected chi connectivity index (χ2v) is 5.47. The first kappa shape index (κ1) is 11.4. The quantitative estimate of drug-likeness (QED) is 0.772. The Morgan fingerprint density at radius 3 is 2.33 bits per heavy atom. The number of hydrogen-bond donors (Lipinski definition) is 1. The molecule has 2 aliphatic rings. The summed E-state index contributed by atoms with van der Waals surface area (Å²) < 4.78 is 5.74. The molecule has 2 fully saturated rings. The molecule has 0 aromatic heterocycles. The van der Waals surface area contributed by atoms with Crippen LogP contribution in [0, 0.1) is 5.92 Å². The maximum atomic E-state index is 5.74. The van der Waals surface area contributed by atoms with Gasteiger partial charge >= 0.3 is 0 Å². The fourth-order valence-corrected chi connectivity index (χ4v) is 2.84. The van der Waals surface area contributed by atoms with Crippen LogP contribution in [0.2, 0.25) is 0 Å². The molecule has 2 heteroatoms. The Labute approximate surface area is 93.8 Å². The summed E-state index contributed by atoms with van der Waals surface area (Å²) in [5.74, 6) is 1.03. The second-order valence-electron chi connectivity index (χ2n) is 5.47. The van der Waals surface area contributed by atoms with Crippen molar-refractivity contribution in [3.63, 3.8) is 0 Å². The van der Waals surface area contributed by atoms with Gasteiger partial charge in [-0.05, 0) is 45.6 Å². The molecule has 0 bridgehead atoms. The fourth-order valence-electron chi connectivity index (χ4n) is 2.84.